The van der Waals surface area contributed by atoms with Crippen LogP contribution in [0.4, 0.5) is 11.5 Å². The maximum absolute atomic E-state index is 13.6. The first-order valence-corrected chi connectivity index (χ1v) is 12.2. The highest BCUT2D eigenvalue weighted by molar-refractivity contribution is 5.95. The second kappa shape index (κ2) is 12.6. The normalized spacial score (nSPS) is 10.8. The average molecular weight is 495 g/mol. The minimum Gasteiger partial charge on any atom is -0.496 e. The lowest BCUT2D eigenvalue weighted by Crippen LogP contribution is -2.41. The Hall–Kier alpha value is -4.01. The Morgan fingerprint density at radius 1 is 1.08 bits per heavy atom. The molecule has 192 valence electrons. The number of nitrogens with one attached hydrogen (secondary N) is 1. The molecular formula is C27H34N4O5. The number of carbonyl (C=O) groups is 1. The molecule has 0 aliphatic heterocycles. The summed E-state index contributed by atoms with van der Waals surface area (Å²) in [7, 11) is 1.54. The highest BCUT2D eigenvalue weighted by atomic mass is 16.5. The number of hydrogen-bond acceptors (Lipinski definition) is 6. The number of aromatic amines is 1. The molecule has 0 aliphatic carbocycles. The van der Waals surface area contributed by atoms with Crippen molar-refractivity contribution in [3.63, 3.8) is 0 Å². The zero-order valence-corrected chi connectivity index (χ0v) is 21.1. The quantitative estimate of drug-likeness (QED) is 0.398. The van der Waals surface area contributed by atoms with Crippen molar-refractivity contribution in [2.24, 2.45) is 0 Å². The van der Waals surface area contributed by atoms with E-state index in [2.05, 4.69) is 4.98 Å². The predicted octanol–water partition coefficient (Wildman–Crippen LogP) is 3.49. The molecule has 0 radical (unpaired) electrons. The van der Waals surface area contributed by atoms with Crippen molar-refractivity contribution < 1.29 is 14.3 Å². The van der Waals surface area contributed by atoms with Gasteiger partial charge in [-0.25, -0.2) is 4.79 Å². The second-order valence-electron chi connectivity index (χ2n) is 8.37. The lowest BCUT2D eigenvalue weighted by molar-refractivity contribution is -0.118. The topological polar surface area (TPSA) is 120 Å². The Labute approximate surface area is 210 Å². The smallest absolute Gasteiger partial charge is 0.330 e. The number of nitrogen functional groups attached to an aromatic ring is 1. The summed E-state index contributed by atoms with van der Waals surface area (Å²) < 4.78 is 12.2. The molecule has 1 amide bonds. The van der Waals surface area contributed by atoms with Gasteiger partial charge in [-0.15, -0.1) is 0 Å². The van der Waals surface area contributed by atoms with Gasteiger partial charge in [0.2, 0.25) is 5.91 Å². The molecular weight excluding hydrogens is 460 g/mol. The Morgan fingerprint density at radius 2 is 1.81 bits per heavy atom. The molecule has 3 rings (SSSR count). The maximum atomic E-state index is 13.6. The molecule has 0 bridgehead atoms. The molecule has 3 aromatic rings. The number of amides is 1. The average Bonchev–Trinajstić information content (AvgIpc) is 2.87. The summed E-state index contributed by atoms with van der Waals surface area (Å²) in [6.45, 7) is 4.89. The van der Waals surface area contributed by atoms with Crippen molar-refractivity contribution in [3.8, 4) is 11.5 Å². The van der Waals surface area contributed by atoms with Crippen molar-refractivity contribution in [2.45, 2.75) is 52.6 Å². The zero-order chi connectivity index (χ0) is 26.1. The van der Waals surface area contributed by atoms with Gasteiger partial charge in [0.15, 0.2) is 5.69 Å². The number of ether oxygens (including phenoxy) is 2. The van der Waals surface area contributed by atoms with Gasteiger partial charge in [0.05, 0.1) is 20.3 Å². The molecule has 0 spiro atoms. The van der Waals surface area contributed by atoms with Gasteiger partial charge in [-0.2, -0.15) is 0 Å². The minimum atomic E-state index is -0.699. The number of nitrogens with zero attached hydrogens (tertiary/aromatic N) is 2. The van der Waals surface area contributed by atoms with Crippen LogP contribution in [0.2, 0.25) is 0 Å². The van der Waals surface area contributed by atoms with E-state index in [9.17, 15) is 14.4 Å². The van der Waals surface area contributed by atoms with E-state index in [0.29, 0.717) is 37.3 Å². The summed E-state index contributed by atoms with van der Waals surface area (Å²) in [5.41, 5.74) is 6.69. The first-order chi connectivity index (χ1) is 17.4. The van der Waals surface area contributed by atoms with Gasteiger partial charge in [-0.3, -0.25) is 24.0 Å². The minimum absolute atomic E-state index is 0.0264. The molecule has 9 nitrogen and oxygen atoms in total. The van der Waals surface area contributed by atoms with Crippen molar-refractivity contribution in [2.75, 3.05) is 24.4 Å². The molecule has 2 aromatic carbocycles. The van der Waals surface area contributed by atoms with E-state index in [1.54, 1.807) is 13.2 Å². The molecule has 36 heavy (non-hydrogen) atoms. The number of para-hydroxylation sites is 1. The number of unbranched alkanes of at least 4 members (excludes halogenated alkanes) is 1. The number of carbonyl (C=O) groups excluding carboxylic acids is 1. The van der Waals surface area contributed by atoms with Crippen molar-refractivity contribution in [3.05, 3.63) is 80.5 Å². The number of rotatable bonds is 12. The zero-order valence-electron chi connectivity index (χ0n) is 21.1. The Morgan fingerprint density at radius 3 is 2.47 bits per heavy atom. The molecule has 1 aromatic heterocycles. The van der Waals surface area contributed by atoms with E-state index in [1.807, 2.05) is 56.3 Å². The monoisotopic (exact) mass is 494 g/mol. The maximum Gasteiger partial charge on any atom is 0.330 e. The number of benzene rings is 2. The van der Waals surface area contributed by atoms with Gasteiger partial charge in [-0.1, -0.05) is 43.7 Å². The summed E-state index contributed by atoms with van der Waals surface area (Å²) in [4.78, 5) is 42.7. The van der Waals surface area contributed by atoms with Crippen LogP contribution >= 0.6 is 0 Å². The highest BCUT2D eigenvalue weighted by Crippen LogP contribution is 2.25. The van der Waals surface area contributed by atoms with Crippen LogP contribution in [0.15, 0.2) is 58.1 Å². The first-order valence-electron chi connectivity index (χ1n) is 12.2. The molecule has 0 atom stereocenters. The summed E-state index contributed by atoms with van der Waals surface area (Å²) in [5.74, 6) is 1.02. The molecule has 0 fully saturated rings. The van der Waals surface area contributed by atoms with E-state index in [4.69, 9.17) is 15.2 Å². The fraction of sp³-hybridized carbons (Fsp3) is 0.370. The van der Waals surface area contributed by atoms with E-state index in [1.165, 1.54) is 9.47 Å². The summed E-state index contributed by atoms with van der Waals surface area (Å²) in [5, 5.41) is 0. The van der Waals surface area contributed by atoms with Crippen molar-refractivity contribution in [1.29, 1.82) is 0 Å². The van der Waals surface area contributed by atoms with Gasteiger partial charge in [-0.05, 0) is 43.5 Å². The number of aromatic nitrogens is 2. The number of H-pyrrole nitrogens is 1. The van der Waals surface area contributed by atoms with Crippen LogP contribution in [0.1, 0.15) is 44.2 Å². The third-order valence-electron chi connectivity index (χ3n) is 5.90. The molecule has 3 N–H and O–H groups in total. The van der Waals surface area contributed by atoms with Crippen LogP contribution in [-0.2, 0) is 24.3 Å². The lowest BCUT2D eigenvalue weighted by atomic mass is 10.1. The van der Waals surface area contributed by atoms with Crippen LogP contribution in [0, 0.1) is 0 Å². The number of methoxy groups -OCH3 is 1. The van der Waals surface area contributed by atoms with Crippen LogP contribution in [0.25, 0.3) is 0 Å². The highest BCUT2D eigenvalue weighted by Gasteiger charge is 2.25. The summed E-state index contributed by atoms with van der Waals surface area (Å²) in [6.07, 6.45) is 2.14. The third kappa shape index (κ3) is 6.35. The fourth-order valence-corrected chi connectivity index (χ4v) is 3.98. The molecule has 0 saturated heterocycles. The van der Waals surface area contributed by atoms with Gasteiger partial charge in [0.1, 0.15) is 17.3 Å². The molecule has 0 unspecified atom stereocenters. The van der Waals surface area contributed by atoms with Crippen molar-refractivity contribution in [1.82, 2.24) is 9.55 Å². The Balaban J connectivity index is 1.97. The number of nitrogens with two attached hydrogens (primary N) is 1. The Kier molecular flexibility index (Phi) is 9.32. The number of anilines is 2. The van der Waals surface area contributed by atoms with E-state index < -0.39 is 11.2 Å². The van der Waals surface area contributed by atoms with Crippen LogP contribution < -0.4 is 31.4 Å². The van der Waals surface area contributed by atoms with Crippen LogP contribution in [0.5, 0.6) is 11.5 Å². The molecule has 1 heterocycles. The molecule has 0 aliphatic rings. The second-order valence-corrected chi connectivity index (χ2v) is 8.37. The standard InChI is InChI=1S/C27H34N4O5/c1-4-6-17-30-25(28)24(26(33)29-27(30)34)31(18-20-9-7-8-10-22(20)35-3)23(32)16-13-19-11-14-21(15-12-19)36-5-2/h7-12,14-15H,4-6,13,16-18,28H2,1-3H3,(H,29,33,34). The summed E-state index contributed by atoms with van der Waals surface area (Å²) in [6, 6.07) is 14.8. The van der Waals surface area contributed by atoms with Crippen LogP contribution in [0.3, 0.4) is 0 Å². The lowest BCUT2D eigenvalue weighted by Gasteiger charge is -2.25. The van der Waals surface area contributed by atoms with Gasteiger partial charge >= 0.3 is 5.69 Å². The van der Waals surface area contributed by atoms with E-state index in [-0.39, 0.29) is 30.4 Å². The first kappa shape index (κ1) is 26.6. The van der Waals surface area contributed by atoms with Gasteiger partial charge in [0, 0.05) is 18.5 Å². The largest absolute Gasteiger partial charge is 0.496 e. The summed E-state index contributed by atoms with van der Waals surface area (Å²) >= 11 is 0. The molecule has 0 saturated carbocycles. The Bertz CT molecular complexity index is 1280. The SMILES string of the molecule is CCCCn1c(N)c(N(Cc2ccccc2OC)C(=O)CCc2ccc(OCC)cc2)c(=O)[nH]c1=O. The van der Waals surface area contributed by atoms with E-state index in [0.717, 1.165) is 17.7 Å². The van der Waals surface area contributed by atoms with Gasteiger partial charge < -0.3 is 15.2 Å². The fourth-order valence-electron chi connectivity index (χ4n) is 3.98. The van der Waals surface area contributed by atoms with Crippen LogP contribution in [-0.4, -0.2) is 29.2 Å². The molecule has 9 heteroatoms. The van der Waals surface area contributed by atoms with E-state index >= 15 is 0 Å². The predicted molar refractivity (Wildman–Crippen MR) is 141 cm³/mol. The number of aryl methyl sites for hydroxylation is 1. The van der Waals surface area contributed by atoms with Gasteiger partial charge in [0.25, 0.3) is 5.56 Å². The number of hydrogen-bond donors (Lipinski definition) is 2. The van der Waals surface area contributed by atoms with Crippen molar-refractivity contribution >= 4 is 17.4 Å². The third-order valence-corrected chi connectivity index (χ3v) is 5.90.